The minimum absolute atomic E-state index is 0.578. The van der Waals surface area contributed by atoms with Crippen molar-refractivity contribution >= 4 is 11.4 Å². The highest BCUT2D eigenvalue weighted by Gasteiger charge is 2.10. The van der Waals surface area contributed by atoms with Gasteiger partial charge in [0.25, 0.3) is 0 Å². The molecule has 3 aromatic rings. The van der Waals surface area contributed by atoms with Crippen LogP contribution in [0.25, 0.3) is 0 Å². The molecule has 23 heavy (non-hydrogen) atoms. The predicted molar refractivity (Wildman–Crippen MR) is 94.1 cm³/mol. The fourth-order valence-electron chi connectivity index (χ4n) is 2.50. The molecule has 2 nitrogen and oxygen atoms in total. The highest BCUT2D eigenvalue weighted by molar-refractivity contribution is 6.14. The second-order valence-corrected chi connectivity index (χ2v) is 5.27. The third-order valence-corrected chi connectivity index (χ3v) is 3.70. The highest BCUT2D eigenvalue weighted by Crippen LogP contribution is 2.23. The van der Waals surface area contributed by atoms with E-state index < -0.39 is 0 Å². The summed E-state index contributed by atoms with van der Waals surface area (Å²) in [7, 11) is 0. The lowest BCUT2D eigenvalue weighted by atomic mass is 9.98. The number of rotatable bonds is 3. The Labute approximate surface area is 136 Å². The zero-order valence-corrected chi connectivity index (χ0v) is 12.9. The molecule has 0 radical (unpaired) electrons. The molecule has 0 bridgehead atoms. The van der Waals surface area contributed by atoms with Crippen LogP contribution in [0.5, 0.6) is 0 Å². The van der Waals surface area contributed by atoms with E-state index in [9.17, 15) is 5.26 Å². The Hall–Kier alpha value is -3.18. The van der Waals surface area contributed by atoms with Crippen molar-refractivity contribution in [3.8, 4) is 6.07 Å². The summed E-state index contributed by atoms with van der Waals surface area (Å²) in [4.78, 5) is 4.82. The van der Waals surface area contributed by atoms with Gasteiger partial charge in [-0.05, 0) is 24.6 Å². The number of nitriles is 1. The molecule has 0 aliphatic carbocycles. The van der Waals surface area contributed by atoms with Crippen molar-refractivity contribution in [2.24, 2.45) is 4.99 Å². The van der Waals surface area contributed by atoms with Gasteiger partial charge in [-0.3, -0.25) is 0 Å². The molecular formula is C21H16N2. The number of hydrogen-bond donors (Lipinski definition) is 0. The zero-order chi connectivity index (χ0) is 16.1. The topological polar surface area (TPSA) is 36.1 Å². The maximum absolute atomic E-state index is 9.31. The summed E-state index contributed by atoms with van der Waals surface area (Å²) < 4.78 is 0. The first-order valence-electron chi connectivity index (χ1n) is 7.49. The Morgan fingerprint density at radius 3 is 2.22 bits per heavy atom. The normalized spacial score (nSPS) is 11.0. The summed E-state index contributed by atoms with van der Waals surface area (Å²) in [5.41, 5.74) is 5.42. The smallest absolute Gasteiger partial charge is 0.101 e. The van der Waals surface area contributed by atoms with Gasteiger partial charge in [-0.25, -0.2) is 4.99 Å². The van der Waals surface area contributed by atoms with Crippen LogP contribution in [-0.2, 0) is 0 Å². The zero-order valence-electron chi connectivity index (χ0n) is 12.9. The van der Waals surface area contributed by atoms with Gasteiger partial charge in [-0.2, -0.15) is 5.26 Å². The van der Waals surface area contributed by atoms with Crippen molar-refractivity contribution in [1.29, 1.82) is 5.26 Å². The lowest BCUT2D eigenvalue weighted by Gasteiger charge is -2.11. The molecule has 110 valence electrons. The molecule has 2 heteroatoms. The van der Waals surface area contributed by atoms with E-state index in [1.165, 1.54) is 0 Å². The van der Waals surface area contributed by atoms with Gasteiger partial charge < -0.3 is 0 Å². The quantitative estimate of drug-likeness (QED) is 0.624. The maximum atomic E-state index is 9.31. The Balaban J connectivity index is 2.23. The van der Waals surface area contributed by atoms with Gasteiger partial charge in [0.05, 0.1) is 17.0 Å². The molecule has 0 N–H and O–H groups in total. The second kappa shape index (κ2) is 6.72. The molecule has 3 aromatic carbocycles. The first kappa shape index (κ1) is 14.7. The second-order valence-electron chi connectivity index (χ2n) is 5.27. The molecule has 0 atom stereocenters. The van der Waals surface area contributed by atoms with Crippen LogP contribution >= 0.6 is 0 Å². The lowest BCUT2D eigenvalue weighted by Crippen LogP contribution is -2.05. The fourth-order valence-corrected chi connectivity index (χ4v) is 2.50. The molecule has 0 aliphatic heterocycles. The summed E-state index contributed by atoms with van der Waals surface area (Å²) in [5.74, 6) is 0. The minimum Gasteiger partial charge on any atom is -0.246 e. The largest absolute Gasteiger partial charge is 0.246 e. The maximum Gasteiger partial charge on any atom is 0.101 e. The summed E-state index contributed by atoms with van der Waals surface area (Å²) in [6.45, 7) is 2.07. The van der Waals surface area contributed by atoms with E-state index in [4.69, 9.17) is 4.99 Å². The van der Waals surface area contributed by atoms with Gasteiger partial charge in [-0.1, -0.05) is 66.7 Å². The van der Waals surface area contributed by atoms with Crippen molar-refractivity contribution in [3.05, 3.63) is 101 Å². The number of benzene rings is 3. The van der Waals surface area contributed by atoms with Gasteiger partial charge in [-0.15, -0.1) is 0 Å². The molecule has 0 amide bonds. The van der Waals surface area contributed by atoms with Crippen LogP contribution in [0.3, 0.4) is 0 Å². The Bertz CT molecular complexity index is 887. The van der Waals surface area contributed by atoms with E-state index in [0.29, 0.717) is 11.3 Å². The molecule has 0 spiro atoms. The van der Waals surface area contributed by atoms with E-state index in [0.717, 1.165) is 22.4 Å². The van der Waals surface area contributed by atoms with Crippen LogP contribution in [0, 0.1) is 18.3 Å². The van der Waals surface area contributed by atoms with Crippen molar-refractivity contribution < 1.29 is 0 Å². The van der Waals surface area contributed by atoms with E-state index in [1.807, 2.05) is 60.7 Å². The van der Waals surface area contributed by atoms with Gasteiger partial charge in [0.15, 0.2) is 0 Å². The average molecular weight is 296 g/mol. The molecular weight excluding hydrogens is 280 g/mol. The molecule has 0 aliphatic rings. The van der Waals surface area contributed by atoms with Crippen LogP contribution in [0.2, 0.25) is 0 Å². The van der Waals surface area contributed by atoms with Crippen LogP contribution in [0.4, 0.5) is 5.69 Å². The van der Waals surface area contributed by atoms with Crippen LogP contribution in [-0.4, -0.2) is 5.71 Å². The summed E-state index contributed by atoms with van der Waals surface area (Å²) >= 11 is 0. The summed E-state index contributed by atoms with van der Waals surface area (Å²) in [6, 6.07) is 27.9. The molecule has 0 unspecified atom stereocenters. The molecule has 3 rings (SSSR count). The van der Waals surface area contributed by atoms with Crippen LogP contribution in [0.1, 0.15) is 22.3 Å². The molecule has 0 saturated carbocycles. The average Bonchev–Trinajstić information content (AvgIpc) is 2.61. The van der Waals surface area contributed by atoms with E-state index in [1.54, 1.807) is 6.07 Å². The third-order valence-electron chi connectivity index (χ3n) is 3.70. The van der Waals surface area contributed by atoms with Crippen LogP contribution in [0.15, 0.2) is 83.9 Å². The summed E-state index contributed by atoms with van der Waals surface area (Å²) in [5, 5.41) is 9.31. The van der Waals surface area contributed by atoms with Crippen molar-refractivity contribution in [1.82, 2.24) is 0 Å². The Morgan fingerprint density at radius 1 is 0.826 bits per heavy atom. The molecule has 0 saturated heterocycles. The number of nitrogens with zero attached hydrogens (tertiary/aromatic N) is 2. The SMILES string of the molecule is Cc1ccccc1C(=Nc1ccccc1C#N)c1ccccc1. The fraction of sp³-hybridized carbons (Fsp3) is 0.0476. The number of para-hydroxylation sites is 1. The van der Waals surface area contributed by atoms with Gasteiger partial charge in [0, 0.05) is 11.1 Å². The Kier molecular flexibility index (Phi) is 4.31. The van der Waals surface area contributed by atoms with Crippen LogP contribution < -0.4 is 0 Å². The highest BCUT2D eigenvalue weighted by atomic mass is 14.8. The van der Waals surface area contributed by atoms with E-state index >= 15 is 0 Å². The first-order chi connectivity index (χ1) is 11.3. The molecule has 0 aromatic heterocycles. The first-order valence-corrected chi connectivity index (χ1v) is 7.49. The number of aliphatic imine (C=N–C) groups is 1. The number of aryl methyl sites for hydroxylation is 1. The molecule has 0 fully saturated rings. The van der Waals surface area contributed by atoms with Crippen molar-refractivity contribution in [2.75, 3.05) is 0 Å². The third kappa shape index (κ3) is 3.20. The molecule has 0 heterocycles. The minimum atomic E-state index is 0.578. The summed E-state index contributed by atoms with van der Waals surface area (Å²) in [6.07, 6.45) is 0. The predicted octanol–water partition coefficient (Wildman–Crippen LogP) is 5.04. The Morgan fingerprint density at radius 2 is 1.48 bits per heavy atom. The monoisotopic (exact) mass is 296 g/mol. The van der Waals surface area contributed by atoms with Crippen molar-refractivity contribution in [3.63, 3.8) is 0 Å². The van der Waals surface area contributed by atoms with E-state index in [2.05, 4.69) is 25.1 Å². The van der Waals surface area contributed by atoms with Crippen molar-refractivity contribution in [2.45, 2.75) is 6.92 Å². The van der Waals surface area contributed by atoms with Gasteiger partial charge in [0.1, 0.15) is 6.07 Å². The standard InChI is InChI=1S/C21H16N2/c1-16-9-5-7-13-19(16)21(17-10-3-2-4-11-17)23-20-14-8-6-12-18(20)15-22/h2-14H,1H3. The van der Waals surface area contributed by atoms with Gasteiger partial charge in [0.2, 0.25) is 0 Å². The number of hydrogen-bond acceptors (Lipinski definition) is 2. The van der Waals surface area contributed by atoms with E-state index in [-0.39, 0.29) is 0 Å². The lowest BCUT2D eigenvalue weighted by molar-refractivity contribution is 1.39. The van der Waals surface area contributed by atoms with Gasteiger partial charge >= 0.3 is 0 Å².